The van der Waals surface area contributed by atoms with Crippen molar-refractivity contribution >= 4 is 9.84 Å². The maximum atomic E-state index is 11.5. The van der Waals surface area contributed by atoms with Crippen LogP contribution in [0.3, 0.4) is 0 Å². The van der Waals surface area contributed by atoms with Crippen molar-refractivity contribution in [2.75, 3.05) is 50.9 Å². The highest BCUT2D eigenvalue weighted by molar-refractivity contribution is 7.91. The van der Waals surface area contributed by atoms with E-state index in [2.05, 4.69) is 17.1 Å². The number of nitrogens with zero attached hydrogens (tertiary/aromatic N) is 1. The first-order valence-electron chi connectivity index (χ1n) is 6.32. The van der Waals surface area contributed by atoms with Crippen LogP contribution in [0.4, 0.5) is 0 Å². The topological polar surface area (TPSA) is 58.6 Å². The lowest BCUT2D eigenvalue weighted by Crippen LogP contribution is -2.51. The van der Waals surface area contributed by atoms with E-state index in [0.29, 0.717) is 25.8 Å². The Balaban J connectivity index is 2.42. The lowest BCUT2D eigenvalue weighted by Gasteiger charge is -2.35. The van der Waals surface area contributed by atoms with Gasteiger partial charge in [-0.05, 0) is 6.54 Å². The van der Waals surface area contributed by atoms with Crippen molar-refractivity contribution in [1.29, 1.82) is 0 Å². The quantitative estimate of drug-likeness (QED) is 0.686. The van der Waals surface area contributed by atoms with E-state index in [9.17, 15) is 8.42 Å². The summed E-state index contributed by atoms with van der Waals surface area (Å²) in [4.78, 5) is 2.22. The van der Waals surface area contributed by atoms with Gasteiger partial charge in [-0.1, -0.05) is 13.8 Å². The summed E-state index contributed by atoms with van der Waals surface area (Å²) >= 11 is 0. The molecule has 0 aliphatic carbocycles. The monoisotopic (exact) mass is 264 g/mol. The average Bonchev–Trinajstić information content (AvgIpc) is 2.35. The molecule has 1 fully saturated rings. The second-order valence-electron chi connectivity index (χ2n) is 4.31. The van der Waals surface area contributed by atoms with Gasteiger partial charge in [0, 0.05) is 31.4 Å². The van der Waals surface area contributed by atoms with E-state index in [4.69, 9.17) is 4.74 Å². The van der Waals surface area contributed by atoms with E-state index in [1.807, 2.05) is 0 Å². The molecule has 5 nitrogen and oxygen atoms in total. The molecule has 0 aromatic rings. The maximum absolute atomic E-state index is 11.5. The van der Waals surface area contributed by atoms with Gasteiger partial charge >= 0.3 is 0 Å². The normalized spacial score (nSPS) is 22.8. The molecule has 0 bridgehead atoms. The summed E-state index contributed by atoms with van der Waals surface area (Å²) in [6, 6.07) is 0.302. The smallest absolute Gasteiger partial charge is 0.151 e. The second kappa shape index (κ2) is 7.31. The molecule has 6 heteroatoms. The number of sulfone groups is 1. The molecule has 0 saturated carbocycles. The number of likely N-dealkylation sites (N-methyl/N-ethyl adjacent to an activating group) is 1. The van der Waals surface area contributed by atoms with Gasteiger partial charge in [-0.15, -0.1) is 0 Å². The van der Waals surface area contributed by atoms with Gasteiger partial charge < -0.3 is 10.1 Å². The molecular formula is C11H24N2O3S. The molecular weight excluding hydrogens is 240 g/mol. The highest BCUT2D eigenvalue weighted by Crippen LogP contribution is 2.06. The Labute approximate surface area is 104 Å². The van der Waals surface area contributed by atoms with Gasteiger partial charge in [0.2, 0.25) is 0 Å². The fourth-order valence-corrected chi connectivity index (χ4v) is 2.68. The van der Waals surface area contributed by atoms with Gasteiger partial charge in [-0.25, -0.2) is 8.42 Å². The zero-order valence-electron chi connectivity index (χ0n) is 10.8. The van der Waals surface area contributed by atoms with Crippen LogP contribution < -0.4 is 5.32 Å². The molecule has 1 aliphatic heterocycles. The van der Waals surface area contributed by atoms with Crippen LogP contribution in [0.5, 0.6) is 0 Å². The predicted octanol–water partition coefficient (Wildman–Crippen LogP) is -0.269. The molecule has 1 saturated heterocycles. The first-order valence-corrected chi connectivity index (χ1v) is 8.14. The SMILES string of the molecule is CCNCC1COCCN1CCS(=O)(=O)CC. The molecule has 1 rings (SSSR count). The molecule has 1 atom stereocenters. The van der Waals surface area contributed by atoms with Gasteiger partial charge in [0.15, 0.2) is 9.84 Å². The molecule has 0 radical (unpaired) electrons. The summed E-state index contributed by atoms with van der Waals surface area (Å²) in [5.41, 5.74) is 0. The Hall–Kier alpha value is -0.170. The van der Waals surface area contributed by atoms with Crippen LogP contribution >= 0.6 is 0 Å². The lowest BCUT2D eigenvalue weighted by molar-refractivity contribution is -0.00358. The highest BCUT2D eigenvalue weighted by atomic mass is 32.2. The molecule has 102 valence electrons. The predicted molar refractivity (Wildman–Crippen MR) is 69.1 cm³/mol. The third kappa shape index (κ3) is 5.33. The first-order chi connectivity index (χ1) is 8.09. The van der Waals surface area contributed by atoms with Crippen LogP contribution in [0.2, 0.25) is 0 Å². The maximum Gasteiger partial charge on any atom is 0.151 e. The van der Waals surface area contributed by atoms with Gasteiger partial charge in [-0.3, -0.25) is 4.90 Å². The van der Waals surface area contributed by atoms with Gasteiger partial charge in [0.1, 0.15) is 0 Å². The third-order valence-corrected chi connectivity index (χ3v) is 4.79. The number of hydrogen-bond acceptors (Lipinski definition) is 5. The first kappa shape index (κ1) is 14.9. The lowest BCUT2D eigenvalue weighted by atomic mass is 10.2. The fourth-order valence-electron chi connectivity index (χ4n) is 1.88. The molecule has 1 heterocycles. The fraction of sp³-hybridized carbons (Fsp3) is 1.00. The van der Waals surface area contributed by atoms with E-state index in [0.717, 1.165) is 19.6 Å². The molecule has 17 heavy (non-hydrogen) atoms. The Morgan fingerprint density at radius 2 is 2.18 bits per heavy atom. The number of ether oxygens (including phenoxy) is 1. The van der Waals surface area contributed by atoms with E-state index in [-0.39, 0.29) is 11.5 Å². The van der Waals surface area contributed by atoms with E-state index in [1.54, 1.807) is 6.92 Å². The molecule has 1 aliphatic rings. The van der Waals surface area contributed by atoms with Crippen LogP contribution in [0.15, 0.2) is 0 Å². The minimum absolute atomic E-state index is 0.231. The van der Waals surface area contributed by atoms with Crippen LogP contribution in [0, 0.1) is 0 Å². The minimum atomic E-state index is -2.87. The van der Waals surface area contributed by atoms with Crippen LogP contribution in [0.1, 0.15) is 13.8 Å². The molecule has 1 unspecified atom stereocenters. The third-order valence-electron chi connectivity index (χ3n) is 3.11. The van der Waals surface area contributed by atoms with E-state index < -0.39 is 9.84 Å². The van der Waals surface area contributed by atoms with Crippen molar-refractivity contribution in [2.45, 2.75) is 19.9 Å². The summed E-state index contributed by atoms with van der Waals surface area (Å²) < 4.78 is 28.4. The molecule has 0 spiro atoms. The van der Waals surface area contributed by atoms with Gasteiger partial charge in [0.25, 0.3) is 0 Å². The highest BCUT2D eigenvalue weighted by Gasteiger charge is 2.23. The van der Waals surface area contributed by atoms with Crippen LogP contribution in [0.25, 0.3) is 0 Å². The second-order valence-corrected chi connectivity index (χ2v) is 6.78. The number of hydrogen-bond donors (Lipinski definition) is 1. The zero-order chi connectivity index (χ0) is 12.7. The molecule has 0 aromatic carbocycles. The van der Waals surface area contributed by atoms with Crippen molar-refractivity contribution < 1.29 is 13.2 Å². The summed E-state index contributed by atoms with van der Waals surface area (Å²) in [6.45, 7) is 8.40. The van der Waals surface area contributed by atoms with Crippen molar-refractivity contribution in [3.8, 4) is 0 Å². The van der Waals surface area contributed by atoms with Crippen molar-refractivity contribution in [3.63, 3.8) is 0 Å². The average molecular weight is 264 g/mol. The minimum Gasteiger partial charge on any atom is -0.378 e. The van der Waals surface area contributed by atoms with Gasteiger partial charge in [0.05, 0.1) is 19.0 Å². The van der Waals surface area contributed by atoms with E-state index in [1.165, 1.54) is 0 Å². The zero-order valence-corrected chi connectivity index (χ0v) is 11.6. The van der Waals surface area contributed by atoms with Crippen molar-refractivity contribution in [3.05, 3.63) is 0 Å². The number of morpholine rings is 1. The summed E-state index contributed by atoms with van der Waals surface area (Å²) in [5.74, 6) is 0.487. The van der Waals surface area contributed by atoms with Crippen LogP contribution in [-0.2, 0) is 14.6 Å². The Morgan fingerprint density at radius 3 is 2.82 bits per heavy atom. The Kier molecular flexibility index (Phi) is 6.40. The molecule has 1 N–H and O–H groups in total. The Bertz CT molecular complexity index is 306. The van der Waals surface area contributed by atoms with Gasteiger partial charge in [-0.2, -0.15) is 0 Å². The largest absolute Gasteiger partial charge is 0.378 e. The van der Waals surface area contributed by atoms with Crippen LogP contribution in [-0.4, -0.2) is 70.3 Å². The summed E-state index contributed by atoms with van der Waals surface area (Å²) in [7, 11) is -2.87. The number of rotatable bonds is 7. The molecule has 0 amide bonds. The Morgan fingerprint density at radius 1 is 1.41 bits per heavy atom. The van der Waals surface area contributed by atoms with Crippen molar-refractivity contribution in [2.24, 2.45) is 0 Å². The molecule has 0 aromatic heterocycles. The van der Waals surface area contributed by atoms with E-state index >= 15 is 0 Å². The number of nitrogens with one attached hydrogen (secondary N) is 1. The summed E-state index contributed by atoms with van der Waals surface area (Å²) in [5, 5.41) is 3.29. The standard InChI is InChI=1S/C11H24N2O3S/c1-3-12-9-11-10-16-7-5-13(11)6-8-17(14,15)4-2/h11-12H,3-10H2,1-2H3. The summed E-state index contributed by atoms with van der Waals surface area (Å²) in [6.07, 6.45) is 0. The van der Waals surface area contributed by atoms with Crippen molar-refractivity contribution in [1.82, 2.24) is 10.2 Å².